The summed E-state index contributed by atoms with van der Waals surface area (Å²) in [6.45, 7) is 17.0. The van der Waals surface area contributed by atoms with Crippen molar-refractivity contribution in [2.45, 2.75) is 72.6 Å². The van der Waals surface area contributed by atoms with Crippen molar-refractivity contribution in [3.63, 3.8) is 0 Å². The summed E-state index contributed by atoms with van der Waals surface area (Å²) in [5.74, 6) is 0.573. The van der Waals surface area contributed by atoms with Gasteiger partial charge in [0.25, 0.3) is 0 Å². The van der Waals surface area contributed by atoms with E-state index >= 15 is 0 Å². The van der Waals surface area contributed by atoms with Crippen LogP contribution >= 0.6 is 7.60 Å². The molecule has 0 aliphatic heterocycles. The predicted octanol–water partition coefficient (Wildman–Crippen LogP) is 6.22. The average Bonchev–Trinajstić information content (AvgIpc) is 2.59. The van der Waals surface area contributed by atoms with E-state index in [9.17, 15) is 9.36 Å². The minimum atomic E-state index is -3.39. The third-order valence-corrected chi connectivity index (χ3v) is 6.69. The third-order valence-electron chi connectivity index (χ3n) is 4.69. The topological polar surface area (TPSA) is 61.8 Å². The highest BCUT2D eigenvalue weighted by molar-refractivity contribution is 7.54. The van der Waals surface area contributed by atoms with Crippen LogP contribution in [0.5, 0.6) is 5.75 Å². The van der Waals surface area contributed by atoms with Gasteiger partial charge in [0.15, 0.2) is 5.78 Å². The summed E-state index contributed by atoms with van der Waals surface area (Å²) in [6.07, 6.45) is 3.54. The number of hydrogen-bond acceptors (Lipinski definition) is 5. The zero-order valence-corrected chi connectivity index (χ0v) is 21.0. The summed E-state index contributed by atoms with van der Waals surface area (Å²) in [7, 11) is -1.71. The fourth-order valence-corrected chi connectivity index (χ4v) is 4.69. The van der Waals surface area contributed by atoms with Gasteiger partial charge in [-0.05, 0) is 48.3 Å². The van der Waals surface area contributed by atoms with E-state index in [0.717, 1.165) is 16.9 Å². The number of rotatable bonds is 10. The monoisotopic (exact) mass is 438 g/mol. The van der Waals surface area contributed by atoms with Gasteiger partial charge in [-0.3, -0.25) is 9.36 Å². The maximum Gasteiger partial charge on any atom is 0.338 e. The van der Waals surface area contributed by atoms with Crippen LogP contribution in [0.15, 0.2) is 24.3 Å². The van der Waals surface area contributed by atoms with Crippen LogP contribution < -0.4 is 4.74 Å². The zero-order chi connectivity index (χ0) is 23.2. The summed E-state index contributed by atoms with van der Waals surface area (Å²) in [5.41, 5.74) is 3.30. The van der Waals surface area contributed by atoms with Crippen LogP contribution in [0.3, 0.4) is 0 Å². The molecule has 0 heterocycles. The van der Waals surface area contributed by atoms with Crippen LogP contribution in [0, 0.1) is 0 Å². The second kappa shape index (κ2) is 10.7. The van der Waals surface area contributed by atoms with E-state index in [1.165, 1.54) is 11.6 Å². The summed E-state index contributed by atoms with van der Waals surface area (Å²) in [5, 5.41) is 0. The van der Waals surface area contributed by atoms with E-state index in [-0.39, 0.29) is 36.0 Å². The molecule has 0 N–H and O–H groups in total. The molecule has 5 nitrogen and oxygen atoms in total. The Morgan fingerprint density at radius 1 is 1.00 bits per heavy atom. The first kappa shape index (κ1) is 26.6. The van der Waals surface area contributed by atoms with Gasteiger partial charge in [-0.15, -0.1) is 0 Å². The molecule has 0 fully saturated rings. The largest absolute Gasteiger partial charge is 0.496 e. The zero-order valence-electron chi connectivity index (χ0n) is 20.1. The molecule has 1 aromatic rings. The number of carbonyl (C=O) groups is 1. The Bertz CT molecular complexity index is 787. The fraction of sp³-hybridized carbons (Fsp3) is 0.625. The molecule has 0 amide bonds. The Kier molecular flexibility index (Phi) is 9.53. The van der Waals surface area contributed by atoms with E-state index in [2.05, 4.69) is 53.7 Å². The van der Waals surface area contributed by atoms with Gasteiger partial charge in [-0.25, -0.2) is 0 Å². The van der Waals surface area contributed by atoms with Crippen LogP contribution in [0.4, 0.5) is 0 Å². The third kappa shape index (κ3) is 7.68. The SMILES string of the molecule is CCOP(=O)(CC(=O)/C=C/Cc1cc(C(C)(C)C)cc(C(C)(C)C)c1OC)OCC. The van der Waals surface area contributed by atoms with Crippen LogP contribution in [0.1, 0.15) is 72.1 Å². The van der Waals surface area contributed by atoms with Crippen molar-refractivity contribution in [2.24, 2.45) is 0 Å². The summed E-state index contributed by atoms with van der Waals surface area (Å²) < 4.78 is 28.7. The lowest BCUT2D eigenvalue weighted by molar-refractivity contribution is -0.112. The van der Waals surface area contributed by atoms with Crippen LogP contribution in [0.25, 0.3) is 0 Å². The van der Waals surface area contributed by atoms with Crippen molar-refractivity contribution in [1.29, 1.82) is 0 Å². The molecular weight excluding hydrogens is 399 g/mol. The van der Waals surface area contributed by atoms with E-state index in [4.69, 9.17) is 13.8 Å². The van der Waals surface area contributed by atoms with Gasteiger partial charge in [-0.2, -0.15) is 0 Å². The number of ether oxygens (including phenoxy) is 1. The van der Waals surface area contributed by atoms with Crippen molar-refractivity contribution >= 4 is 13.4 Å². The maximum absolute atomic E-state index is 12.5. The highest BCUT2D eigenvalue weighted by Gasteiger charge is 2.27. The van der Waals surface area contributed by atoms with Crippen molar-refractivity contribution in [2.75, 3.05) is 26.5 Å². The van der Waals surface area contributed by atoms with E-state index in [0.29, 0.717) is 6.42 Å². The van der Waals surface area contributed by atoms with Gasteiger partial charge >= 0.3 is 7.60 Å². The molecule has 0 radical (unpaired) electrons. The summed E-state index contributed by atoms with van der Waals surface area (Å²) in [6, 6.07) is 4.37. The minimum Gasteiger partial charge on any atom is -0.496 e. The first-order valence-electron chi connectivity index (χ1n) is 10.6. The molecule has 0 aliphatic carbocycles. The van der Waals surface area contributed by atoms with E-state index in [1.807, 2.05) is 0 Å². The van der Waals surface area contributed by atoms with Crippen LogP contribution in [-0.2, 0) is 35.7 Å². The molecule has 0 atom stereocenters. The number of carbonyl (C=O) groups excluding carboxylic acids is 1. The highest BCUT2D eigenvalue weighted by Crippen LogP contribution is 2.47. The van der Waals surface area contributed by atoms with Gasteiger partial charge in [0, 0.05) is 5.56 Å². The maximum atomic E-state index is 12.5. The van der Waals surface area contributed by atoms with Crippen molar-refractivity contribution in [1.82, 2.24) is 0 Å². The Balaban J connectivity index is 3.17. The molecule has 0 spiro atoms. The molecule has 0 saturated carbocycles. The lowest BCUT2D eigenvalue weighted by atomic mass is 9.78. The van der Waals surface area contributed by atoms with Crippen molar-refractivity contribution in [3.8, 4) is 5.75 Å². The number of allylic oxidation sites excluding steroid dienone is 2. The number of methoxy groups -OCH3 is 1. The normalized spacial score (nSPS) is 13.1. The summed E-state index contributed by atoms with van der Waals surface area (Å²) in [4.78, 5) is 12.4. The summed E-state index contributed by atoms with van der Waals surface area (Å²) >= 11 is 0. The smallest absolute Gasteiger partial charge is 0.338 e. The molecule has 0 unspecified atom stereocenters. The first-order chi connectivity index (χ1) is 13.8. The predicted molar refractivity (Wildman–Crippen MR) is 124 cm³/mol. The van der Waals surface area contributed by atoms with Gasteiger partial charge in [0.2, 0.25) is 0 Å². The first-order valence-corrected chi connectivity index (χ1v) is 12.3. The standard InChI is InChI=1S/C24H39O5P/c1-10-28-30(26,29-11-2)17-20(25)14-12-13-18-15-19(23(3,4)5)16-21(22(18)27-9)24(6,7)8/h12,14-16H,10-11,13,17H2,1-9H3/b14-12+. The fourth-order valence-electron chi connectivity index (χ4n) is 3.15. The second-order valence-electron chi connectivity index (χ2n) is 9.39. The van der Waals surface area contributed by atoms with Crippen LogP contribution in [0.2, 0.25) is 0 Å². The minimum absolute atomic E-state index is 0.0117. The molecule has 0 bridgehead atoms. The average molecular weight is 439 g/mol. The molecule has 1 aromatic carbocycles. The van der Waals surface area contributed by atoms with E-state index in [1.54, 1.807) is 27.0 Å². The molecule has 6 heteroatoms. The molecule has 0 aliphatic rings. The molecular formula is C24H39O5P. The van der Waals surface area contributed by atoms with Crippen molar-refractivity contribution in [3.05, 3.63) is 41.0 Å². The van der Waals surface area contributed by atoms with Gasteiger partial charge in [0.05, 0.1) is 20.3 Å². The number of ketones is 1. The Hall–Kier alpha value is -1.42. The number of benzene rings is 1. The lowest BCUT2D eigenvalue weighted by Gasteiger charge is -2.28. The Morgan fingerprint density at radius 3 is 2.00 bits per heavy atom. The molecule has 1 rings (SSSR count). The molecule has 170 valence electrons. The molecule has 0 saturated heterocycles. The van der Waals surface area contributed by atoms with Gasteiger partial charge in [0.1, 0.15) is 11.9 Å². The van der Waals surface area contributed by atoms with Crippen LogP contribution in [-0.4, -0.2) is 32.3 Å². The highest BCUT2D eigenvalue weighted by atomic mass is 31.2. The molecule has 30 heavy (non-hydrogen) atoms. The lowest BCUT2D eigenvalue weighted by Crippen LogP contribution is -2.18. The quantitative estimate of drug-likeness (QED) is 0.320. The second-order valence-corrected chi connectivity index (χ2v) is 11.4. The van der Waals surface area contributed by atoms with Gasteiger partial charge in [-0.1, -0.05) is 59.8 Å². The van der Waals surface area contributed by atoms with Gasteiger partial charge < -0.3 is 13.8 Å². The Morgan fingerprint density at radius 2 is 1.57 bits per heavy atom. The Labute approximate surface area is 182 Å². The van der Waals surface area contributed by atoms with Crippen molar-refractivity contribution < 1.29 is 23.1 Å². The van der Waals surface area contributed by atoms with E-state index < -0.39 is 7.60 Å². The molecule has 0 aromatic heterocycles. The number of hydrogen-bond donors (Lipinski definition) is 0.